The van der Waals surface area contributed by atoms with E-state index in [1.165, 1.54) is 11.1 Å². The highest BCUT2D eigenvalue weighted by Gasteiger charge is 2.05. The summed E-state index contributed by atoms with van der Waals surface area (Å²) in [5.41, 5.74) is 2.80. The fourth-order valence-electron chi connectivity index (χ4n) is 1.82. The molecule has 0 radical (unpaired) electrons. The lowest BCUT2D eigenvalue weighted by atomic mass is 9.97. The first-order valence-electron chi connectivity index (χ1n) is 6.31. The Bertz CT molecular complexity index is 416. The topological polar surface area (TPSA) is 17.8 Å². The second-order valence-electron chi connectivity index (χ2n) is 4.09. The molecule has 0 fully saturated rings. The monoisotopic (exact) mass is 230 g/mol. The van der Waals surface area contributed by atoms with Crippen LogP contribution in [0.4, 0.5) is 0 Å². The minimum atomic E-state index is 0.574. The van der Waals surface area contributed by atoms with Gasteiger partial charge in [0.05, 0.1) is 6.33 Å². The van der Waals surface area contributed by atoms with Gasteiger partial charge in [0.1, 0.15) is 0 Å². The van der Waals surface area contributed by atoms with E-state index in [-0.39, 0.29) is 0 Å². The van der Waals surface area contributed by atoms with Crippen LogP contribution in [0.1, 0.15) is 44.7 Å². The third-order valence-electron chi connectivity index (χ3n) is 2.59. The van der Waals surface area contributed by atoms with Crippen LogP contribution in [0.2, 0.25) is 0 Å². The highest BCUT2D eigenvalue weighted by Crippen LogP contribution is 2.19. The smallest absolute Gasteiger partial charge is 0.0949 e. The Morgan fingerprint density at radius 3 is 2.47 bits per heavy atom. The molecule has 0 aliphatic heterocycles. The van der Waals surface area contributed by atoms with Crippen LogP contribution in [0, 0.1) is 0 Å². The summed E-state index contributed by atoms with van der Waals surface area (Å²) in [6, 6.07) is 8.59. The van der Waals surface area contributed by atoms with Crippen LogP contribution < -0.4 is 0 Å². The maximum Gasteiger partial charge on any atom is 0.0949 e. The average molecular weight is 230 g/mol. The standard InChI is InChI=1S/C13H16N2.C2H6/c1-11(2)13-6-4-3-5-12(13)9-15-8-7-14-10-15;1-2/h3-8,10-11H,9H2,1-2H3;1-2H3. The molecule has 92 valence electrons. The molecule has 0 unspecified atom stereocenters. The van der Waals surface area contributed by atoms with Gasteiger partial charge < -0.3 is 4.57 Å². The van der Waals surface area contributed by atoms with Gasteiger partial charge in [-0.05, 0) is 17.0 Å². The summed E-state index contributed by atoms with van der Waals surface area (Å²) >= 11 is 0. The quantitative estimate of drug-likeness (QED) is 0.776. The van der Waals surface area contributed by atoms with Gasteiger partial charge in [-0.2, -0.15) is 0 Å². The Morgan fingerprint density at radius 2 is 1.88 bits per heavy atom. The van der Waals surface area contributed by atoms with Crippen molar-refractivity contribution in [2.24, 2.45) is 0 Å². The molecule has 0 aliphatic carbocycles. The van der Waals surface area contributed by atoms with Crippen LogP contribution in [-0.2, 0) is 6.54 Å². The van der Waals surface area contributed by atoms with Crippen LogP contribution in [0.5, 0.6) is 0 Å². The second-order valence-corrected chi connectivity index (χ2v) is 4.09. The van der Waals surface area contributed by atoms with Crippen molar-refractivity contribution in [2.45, 2.75) is 40.2 Å². The molecule has 1 heterocycles. The summed E-state index contributed by atoms with van der Waals surface area (Å²) < 4.78 is 2.10. The Labute approximate surface area is 104 Å². The van der Waals surface area contributed by atoms with Gasteiger partial charge in [-0.25, -0.2) is 4.98 Å². The van der Waals surface area contributed by atoms with Crippen molar-refractivity contribution < 1.29 is 0 Å². The van der Waals surface area contributed by atoms with Gasteiger partial charge in [0.15, 0.2) is 0 Å². The Hall–Kier alpha value is -1.57. The number of rotatable bonds is 3. The van der Waals surface area contributed by atoms with Gasteiger partial charge in [-0.1, -0.05) is 52.0 Å². The molecule has 0 N–H and O–H groups in total. The number of hydrogen-bond acceptors (Lipinski definition) is 1. The zero-order chi connectivity index (χ0) is 12.7. The molecule has 17 heavy (non-hydrogen) atoms. The summed E-state index contributed by atoms with van der Waals surface area (Å²) in [4.78, 5) is 4.06. The fourth-order valence-corrected chi connectivity index (χ4v) is 1.82. The maximum absolute atomic E-state index is 4.06. The van der Waals surface area contributed by atoms with Gasteiger partial charge in [0.2, 0.25) is 0 Å². The lowest BCUT2D eigenvalue weighted by Gasteiger charge is -2.12. The molecule has 0 saturated carbocycles. The molecule has 0 aliphatic rings. The molecule has 2 rings (SSSR count). The summed E-state index contributed by atoms with van der Waals surface area (Å²) in [7, 11) is 0. The van der Waals surface area contributed by atoms with E-state index in [2.05, 4.69) is 47.7 Å². The molecule has 2 aromatic rings. The zero-order valence-corrected chi connectivity index (χ0v) is 11.2. The molecule has 1 aromatic carbocycles. The first-order chi connectivity index (χ1) is 8.27. The number of benzene rings is 1. The van der Waals surface area contributed by atoms with Crippen molar-refractivity contribution in [2.75, 3.05) is 0 Å². The van der Waals surface area contributed by atoms with Crippen molar-refractivity contribution in [3.8, 4) is 0 Å². The number of nitrogens with zero attached hydrogens (tertiary/aromatic N) is 2. The summed E-state index contributed by atoms with van der Waals surface area (Å²) in [6.07, 6.45) is 5.67. The van der Waals surface area contributed by atoms with Crippen LogP contribution in [0.15, 0.2) is 43.0 Å². The summed E-state index contributed by atoms with van der Waals surface area (Å²) in [5, 5.41) is 0. The minimum Gasteiger partial charge on any atom is -0.333 e. The van der Waals surface area contributed by atoms with Gasteiger partial charge in [-0.3, -0.25) is 0 Å². The Balaban J connectivity index is 0.000000686. The fraction of sp³-hybridized carbons (Fsp3) is 0.400. The summed E-state index contributed by atoms with van der Waals surface area (Å²) in [6.45, 7) is 9.37. The van der Waals surface area contributed by atoms with Gasteiger partial charge >= 0.3 is 0 Å². The molecule has 0 saturated heterocycles. The lowest BCUT2D eigenvalue weighted by Crippen LogP contribution is -2.01. The van der Waals surface area contributed by atoms with E-state index in [0.717, 1.165) is 6.54 Å². The maximum atomic E-state index is 4.06. The van der Waals surface area contributed by atoms with Crippen molar-refractivity contribution in [3.05, 3.63) is 54.1 Å². The highest BCUT2D eigenvalue weighted by atomic mass is 15.0. The van der Waals surface area contributed by atoms with Crippen LogP contribution in [-0.4, -0.2) is 9.55 Å². The zero-order valence-electron chi connectivity index (χ0n) is 11.2. The molecule has 1 aromatic heterocycles. The number of hydrogen-bond donors (Lipinski definition) is 0. The predicted molar refractivity (Wildman–Crippen MR) is 73.2 cm³/mol. The van der Waals surface area contributed by atoms with Crippen molar-refractivity contribution in [3.63, 3.8) is 0 Å². The number of aromatic nitrogens is 2. The molecule has 2 nitrogen and oxygen atoms in total. The van der Waals surface area contributed by atoms with E-state index < -0.39 is 0 Å². The van der Waals surface area contributed by atoms with E-state index in [1.807, 2.05) is 32.6 Å². The first kappa shape index (κ1) is 13.5. The van der Waals surface area contributed by atoms with Crippen LogP contribution in [0.25, 0.3) is 0 Å². The molecule has 0 bridgehead atoms. The van der Waals surface area contributed by atoms with E-state index in [1.54, 1.807) is 0 Å². The third kappa shape index (κ3) is 3.74. The van der Waals surface area contributed by atoms with Gasteiger partial charge in [0.25, 0.3) is 0 Å². The second kappa shape index (κ2) is 6.89. The van der Waals surface area contributed by atoms with Crippen molar-refractivity contribution in [1.82, 2.24) is 9.55 Å². The highest BCUT2D eigenvalue weighted by molar-refractivity contribution is 5.29. The lowest BCUT2D eigenvalue weighted by molar-refractivity contribution is 0.763. The number of imidazole rings is 1. The average Bonchev–Trinajstić information content (AvgIpc) is 2.85. The Kier molecular flexibility index (Phi) is 5.47. The van der Waals surface area contributed by atoms with E-state index in [9.17, 15) is 0 Å². The van der Waals surface area contributed by atoms with Crippen LogP contribution in [0.3, 0.4) is 0 Å². The third-order valence-corrected chi connectivity index (χ3v) is 2.59. The van der Waals surface area contributed by atoms with E-state index >= 15 is 0 Å². The molecular formula is C15H22N2. The molecule has 0 amide bonds. The van der Waals surface area contributed by atoms with Crippen molar-refractivity contribution in [1.29, 1.82) is 0 Å². The molecular weight excluding hydrogens is 208 g/mol. The largest absolute Gasteiger partial charge is 0.333 e. The molecule has 0 atom stereocenters. The predicted octanol–water partition coefficient (Wildman–Crippen LogP) is 4.08. The SMILES string of the molecule is CC.CC(C)c1ccccc1Cn1ccnc1. The normalized spacial score (nSPS) is 9.94. The van der Waals surface area contributed by atoms with Gasteiger partial charge in [0, 0.05) is 18.9 Å². The first-order valence-corrected chi connectivity index (χ1v) is 6.31. The minimum absolute atomic E-state index is 0.574. The Morgan fingerprint density at radius 1 is 1.18 bits per heavy atom. The van der Waals surface area contributed by atoms with Crippen molar-refractivity contribution >= 4 is 0 Å². The van der Waals surface area contributed by atoms with E-state index in [0.29, 0.717) is 5.92 Å². The molecule has 0 spiro atoms. The molecule has 2 heteroatoms. The van der Waals surface area contributed by atoms with E-state index in [4.69, 9.17) is 0 Å². The summed E-state index contributed by atoms with van der Waals surface area (Å²) in [5.74, 6) is 0.574. The van der Waals surface area contributed by atoms with Gasteiger partial charge in [-0.15, -0.1) is 0 Å². The van der Waals surface area contributed by atoms with Crippen LogP contribution >= 0.6 is 0 Å².